The van der Waals surface area contributed by atoms with E-state index in [0.717, 1.165) is 31.6 Å². The lowest BCUT2D eigenvalue weighted by atomic mass is 9.97. The van der Waals surface area contributed by atoms with Crippen molar-refractivity contribution in [2.24, 2.45) is 5.92 Å². The van der Waals surface area contributed by atoms with E-state index in [2.05, 4.69) is 29.4 Å². The Morgan fingerprint density at radius 2 is 2.12 bits per heavy atom. The molecule has 0 bridgehead atoms. The zero-order valence-electron chi connectivity index (χ0n) is 13.9. The van der Waals surface area contributed by atoms with Gasteiger partial charge in [0.25, 0.3) is 0 Å². The normalized spacial score (nSPS) is 24.5. The molecule has 1 aromatic rings. The third kappa shape index (κ3) is 3.85. The topological polar surface area (TPSA) is 44.4 Å². The molecule has 134 valence electrons. The number of nitrogens with one attached hydrogen (secondary N) is 2. The van der Waals surface area contributed by atoms with E-state index in [1.807, 2.05) is 6.07 Å². The Bertz CT molecular complexity index is 595. The van der Waals surface area contributed by atoms with Gasteiger partial charge in [0.15, 0.2) is 0 Å². The SMILES string of the molecule is CC(C)N1CCC(NC(=O)C2CNC2)C1c1ccc(Cl)c(F)c1.Cl. The number of rotatable bonds is 4. The average molecular weight is 376 g/mol. The van der Waals surface area contributed by atoms with Crippen LogP contribution in [-0.2, 0) is 4.79 Å². The monoisotopic (exact) mass is 375 g/mol. The van der Waals surface area contributed by atoms with Crippen LogP contribution in [0.3, 0.4) is 0 Å². The second-order valence-electron chi connectivity index (χ2n) is 6.71. The van der Waals surface area contributed by atoms with Crippen LogP contribution in [0.1, 0.15) is 31.9 Å². The summed E-state index contributed by atoms with van der Waals surface area (Å²) in [5, 5.41) is 6.42. The molecule has 0 aromatic heterocycles. The van der Waals surface area contributed by atoms with Crippen LogP contribution >= 0.6 is 24.0 Å². The molecule has 2 saturated heterocycles. The number of carbonyl (C=O) groups is 1. The molecule has 2 atom stereocenters. The number of benzene rings is 1. The molecule has 2 N–H and O–H groups in total. The van der Waals surface area contributed by atoms with Crippen LogP contribution in [0, 0.1) is 11.7 Å². The van der Waals surface area contributed by atoms with Crippen molar-refractivity contribution in [3.05, 3.63) is 34.6 Å². The summed E-state index contributed by atoms with van der Waals surface area (Å²) in [5.41, 5.74) is 0.870. The molecular formula is C17H24Cl2FN3O. The quantitative estimate of drug-likeness (QED) is 0.850. The third-order valence-corrected chi connectivity index (χ3v) is 5.17. The van der Waals surface area contributed by atoms with Crippen molar-refractivity contribution >= 4 is 29.9 Å². The molecule has 3 rings (SSSR count). The predicted octanol–water partition coefficient (Wildman–Crippen LogP) is 2.76. The van der Waals surface area contributed by atoms with E-state index in [1.54, 1.807) is 6.07 Å². The first-order chi connectivity index (χ1) is 11.0. The Hall–Kier alpha value is -0.880. The molecular weight excluding hydrogens is 352 g/mol. The smallest absolute Gasteiger partial charge is 0.225 e. The van der Waals surface area contributed by atoms with Crippen LogP contribution < -0.4 is 10.6 Å². The predicted molar refractivity (Wildman–Crippen MR) is 96.1 cm³/mol. The molecule has 2 fully saturated rings. The van der Waals surface area contributed by atoms with Gasteiger partial charge in [0.2, 0.25) is 5.91 Å². The first kappa shape index (κ1) is 19.4. The fourth-order valence-electron chi connectivity index (χ4n) is 3.44. The van der Waals surface area contributed by atoms with Crippen LogP contribution in [-0.4, -0.2) is 42.5 Å². The minimum Gasteiger partial charge on any atom is -0.351 e. The van der Waals surface area contributed by atoms with Gasteiger partial charge in [-0.05, 0) is 38.0 Å². The summed E-state index contributed by atoms with van der Waals surface area (Å²) in [6.45, 7) is 6.62. The van der Waals surface area contributed by atoms with E-state index in [9.17, 15) is 9.18 Å². The molecule has 0 aliphatic carbocycles. The number of hydrogen-bond acceptors (Lipinski definition) is 3. The Kier molecular flexibility index (Phi) is 6.48. The van der Waals surface area contributed by atoms with Crippen molar-refractivity contribution in [2.45, 2.75) is 38.4 Å². The van der Waals surface area contributed by atoms with Gasteiger partial charge in [-0.1, -0.05) is 17.7 Å². The Balaban J connectivity index is 0.00000208. The molecule has 2 heterocycles. The van der Waals surface area contributed by atoms with Crippen LogP contribution in [0.2, 0.25) is 5.02 Å². The molecule has 7 heteroatoms. The number of hydrogen-bond donors (Lipinski definition) is 2. The van der Waals surface area contributed by atoms with Gasteiger partial charge in [-0.2, -0.15) is 0 Å². The maximum atomic E-state index is 13.9. The lowest BCUT2D eigenvalue weighted by Crippen LogP contribution is -2.53. The number of halogens is 3. The molecule has 24 heavy (non-hydrogen) atoms. The Morgan fingerprint density at radius 3 is 2.67 bits per heavy atom. The lowest BCUT2D eigenvalue weighted by molar-refractivity contribution is -0.127. The summed E-state index contributed by atoms with van der Waals surface area (Å²) in [6.07, 6.45) is 0.874. The van der Waals surface area contributed by atoms with Gasteiger partial charge in [0, 0.05) is 31.7 Å². The summed E-state index contributed by atoms with van der Waals surface area (Å²) in [4.78, 5) is 14.6. The van der Waals surface area contributed by atoms with Gasteiger partial charge in [0.1, 0.15) is 5.82 Å². The molecule has 0 radical (unpaired) electrons. The lowest BCUT2D eigenvalue weighted by Gasteiger charge is -2.33. The number of amides is 1. The molecule has 1 aromatic carbocycles. The van der Waals surface area contributed by atoms with Crippen molar-refractivity contribution < 1.29 is 9.18 Å². The highest BCUT2D eigenvalue weighted by atomic mass is 35.5. The van der Waals surface area contributed by atoms with E-state index in [1.165, 1.54) is 6.07 Å². The maximum absolute atomic E-state index is 13.9. The van der Waals surface area contributed by atoms with E-state index >= 15 is 0 Å². The summed E-state index contributed by atoms with van der Waals surface area (Å²) in [6, 6.07) is 5.27. The van der Waals surface area contributed by atoms with E-state index in [0.29, 0.717) is 6.04 Å². The average Bonchev–Trinajstić information content (AvgIpc) is 2.83. The molecule has 2 unspecified atom stereocenters. The van der Waals surface area contributed by atoms with Crippen LogP contribution in [0.25, 0.3) is 0 Å². The third-order valence-electron chi connectivity index (χ3n) is 4.87. The van der Waals surface area contributed by atoms with Gasteiger partial charge >= 0.3 is 0 Å². The summed E-state index contributed by atoms with van der Waals surface area (Å²) < 4.78 is 13.9. The van der Waals surface area contributed by atoms with Crippen molar-refractivity contribution in [3.8, 4) is 0 Å². The summed E-state index contributed by atoms with van der Waals surface area (Å²) in [5.74, 6) is -0.252. The minimum absolute atomic E-state index is 0. The number of carbonyl (C=O) groups excluding carboxylic acids is 1. The van der Waals surface area contributed by atoms with Crippen LogP contribution in [0.4, 0.5) is 4.39 Å². The van der Waals surface area contributed by atoms with Crippen LogP contribution in [0.5, 0.6) is 0 Å². The van der Waals surface area contributed by atoms with Crippen LogP contribution in [0.15, 0.2) is 18.2 Å². The zero-order chi connectivity index (χ0) is 16.6. The molecule has 0 saturated carbocycles. The van der Waals surface area contributed by atoms with Crippen molar-refractivity contribution in [3.63, 3.8) is 0 Å². The second kappa shape index (κ2) is 8.00. The van der Waals surface area contributed by atoms with E-state index < -0.39 is 5.82 Å². The molecule has 2 aliphatic heterocycles. The number of likely N-dealkylation sites (tertiary alicyclic amines) is 1. The maximum Gasteiger partial charge on any atom is 0.225 e. The van der Waals surface area contributed by atoms with Gasteiger partial charge in [-0.3, -0.25) is 9.69 Å². The van der Waals surface area contributed by atoms with Crippen molar-refractivity contribution in [2.75, 3.05) is 19.6 Å². The van der Waals surface area contributed by atoms with Crippen molar-refractivity contribution in [1.29, 1.82) is 0 Å². The fourth-order valence-corrected chi connectivity index (χ4v) is 3.56. The first-order valence-corrected chi connectivity index (χ1v) is 8.57. The zero-order valence-corrected chi connectivity index (χ0v) is 15.5. The molecule has 0 spiro atoms. The Labute approximate surface area is 153 Å². The first-order valence-electron chi connectivity index (χ1n) is 8.19. The highest BCUT2D eigenvalue weighted by Crippen LogP contribution is 2.35. The number of nitrogens with zero attached hydrogens (tertiary/aromatic N) is 1. The molecule has 2 aliphatic rings. The van der Waals surface area contributed by atoms with E-state index in [4.69, 9.17) is 11.6 Å². The summed E-state index contributed by atoms with van der Waals surface area (Å²) >= 11 is 5.81. The van der Waals surface area contributed by atoms with Gasteiger partial charge in [-0.15, -0.1) is 12.4 Å². The summed E-state index contributed by atoms with van der Waals surface area (Å²) in [7, 11) is 0. The fraction of sp³-hybridized carbons (Fsp3) is 0.588. The standard InChI is InChI=1S/C17H23ClFN3O.ClH/c1-10(2)22-6-5-15(21-17(23)12-8-20-9-12)16(22)11-3-4-13(18)14(19)7-11;/h3-4,7,10,12,15-16,20H,5-6,8-9H2,1-2H3,(H,21,23);1H. The largest absolute Gasteiger partial charge is 0.351 e. The second-order valence-corrected chi connectivity index (χ2v) is 7.12. The van der Waals surface area contributed by atoms with Gasteiger partial charge < -0.3 is 10.6 Å². The van der Waals surface area contributed by atoms with Crippen molar-refractivity contribution in [1.82, 2.24) is 15.5 Å². The highest BCUT2D eigenvalue weighted by Gasteiger charge is 2.39. The highest BCUT2D eigenvalue weighted by molar-refractivity contribution is 6.30. The Morgan fingerprint density at radius 1 is 1.42 bits per heavy atom. The van der Waals surface area contributed by atoms with Gasteiger partial charge in [-0.25, -0.2) is 4.39 Å². The molecule has 1 amide bonds. The van der Waals surface area contributed by atoms with E-state index in [-0.39, 0.29) is 41.3 Å². The minimum atomic E-state index is -0.409. The molecule has 4 nitrogen and oxygen atoms in total. The van der Waals surface area contributed by atoms with Gasteiger partial charge in [0.05, 0.1) is 17.0 Å².